The summed E-state index contributed by atoms with van der Waals surface area (Å²) < 4.78 is 5.22. The summed E-state index contributed by atoms with van der Waals surface area (Å²) in [6, 6.07) is 2.18. The molecule has 0 aliphatic carbocycles. The van der Waals surface area contributed by atoms with E-state index in [0.29, 0.717) is 11.1 Å². The Labute approximate surface area is 201 Å². The molecule has 1 rings (SSSR count). The minimum absolute atomic E-state index is 0.0475. The van der Waals surface area contributed by atoms with Crippen LogP contribution in [0, 0.1) is 6.92 Å². The molecule has 1 aromatic rings. The lowest BCUT2D eigenvalue weighted by molar-refractivity contribution is -0.143. The third kappa shape index (κ3) is 8.92. The van der Waals surface area contributed by atoms with Gasteiger partial charge in [0.1, 0.15) is 23.4 Å². The van der Waals surface area contributed by atoms with Crippen LogP contribution in [0.2, 0.25) is 0 Å². The molecule has 0 fully saturated rings. The number of amides is 4. The average molecular weight is 479 g/mol. The van der Waals surface area contributed by atoms with Crippen LogP contribution in [0.25, 0.3) is 0 Å². The number of carbonyl (C=O) groups excluding carboxylic acids is 4. The summed E-state index contributed by atoms with van der Waals surface area (Å²) in [5.74, 6) is -1.89. The minimum atomic E-state index is -1.34. The monoisotopic (exact) mass is 478 g/mol. The zero-order chi connectivity index (χ0) is 26.4. The van der Waals surface area contributed by atoms with Crippen LogP contribution in [0.5, 0.6) is 5.75 Å². The van der Waals surface area contributed by atoms with E-state index in [9.17, 15) is 24.3 Å². The Bertz CT molecular complexity index is 917. The molecule has 0 bridgehead atoms. The highest BCUT2D eigenvalue weighted by molar-refractivity contribution is 5.94. The van der Waals surface area contributed by atoms with E-state index in [1.165, 1.54) is 11.0 Å². The summed E-state index contributed by atoms with van der Waals surface area (Å²) in [5, 5.41) is 15.2. The molecule has 34 heavy (non-hydrogen) atoms. The van der Waals surface area contributed by atoms with Gasteiger partial charge in [0.05, 0.1) is 6.42 Å². The number of aromatic hydroxyl groups is 1. The van der Waals surface area contributed by atoms with E-state index in [2.05, 4.69) is 10.6 Å². The van der Waals surface area contributed by atoms with Crippen LogP contribution in [0.15, 0.2) is 18.2 Å². The van der Waals surface area contributed by atoms with Gasteiger partial charge in [0, 0.05) is 12.1 Å². The molecule has 10 heteroatoms. The number of phenolic OH excluding ortho intramolecular Hbond substituents is 1. The molecule has 2 unspecified atom stereocenters. The fraction of sp³-hybridized carbons (Fsp3) is 0.583. The van der Waals surface area contributed by atoms with E-state index < -0.39 is 53.5 Å². The third-order valence-corrected chi connectivity index (χ3v) is 4.61. The number of nitrogens with zero attached hydrogens (tertiary/aromatic N) is 1. The number of ether oxygens (including phenoxy) is 1. The van der Waals surface area contributed by atoms with E-state index >= 15 is 0 Å². The Morgan fingerprint density at radius 3 is 2.15 bits per heavy atom. The molecule has 0 heterocycles. The highest BCUT2D eigenvalue weighted by Crippen LogP contribution is 2.27. The van der Waals surface area contributed by atoms with Crippen LogP contribution in [0.3, 0.4) is 0 Å². The second-order valence-corrected chi connectivity index (χ2v) is 10.2. The normalized spacial score (nSPS) is 13.4. The Morgan fingerprint density at radius 1 is 1.12 bits per heavy atom. The molecule has 0 spiro atoms. The number of aryl methyl sites for hydroxylation is 1. The van der Waals surface area contributed by atoms with Crippen molar-refractivity contribution in [1.82, 2.24) is 15.5 Å². The topological polar surface area (TPSA) is 151 Å². The van der Waals surface area contributed by atoms with Gasteiger partial charge in [0.15, 0.2) is 0 Å². The Balaban J connectivity index is 3.45. The number of likely N-dealkylation sites (N-methyl/N-ethyl adjacent to an activating group) is 1. The zero-order valence-electron chi connectivity index (χ0n) is 21.3. The van der Waals surface area contributed by atoms with Crippen molar-refractivity contribution in [3.8, 4) is 5.75 Å². The van der Waals surface area contributed by atoms with E-state index in [4.69, 9.17) is 10.5 Å². The van der Waals surface area contributed by atoms with Gasteiger partial charge in [-0.3, -0.25) is 14.4 Å². The van der Waals surface area contributed by atoms with Gasteiger partial charge in [0.25, 0.3) is 0 Å². The van der Waals surface area contributed by atoms with Gasteiger partial charge < -0.3 is 31.1 Å². The largest absolute Gasteiger partial charge is 0.508 e. The summed E-state index contributed by atoms with van der Waals surface area (Å²) in [6.07, 6.45) is -1.36. The number of nitrogens with two attached hydrogens (primary N) is 1. The molecule has 0 saturated heterocycles. The van der Waals surface area contributed by atoms with Crippen LogP contribution < -0.4 is 16.4 Å². The molecule has 0 aliphatic rings. The van der Waals surface area contributed by atoms with E-state index in [1.807, 2.05) is 20.8 Å². The number of nitrogens with one attached hydrogen (secondary N) is 2. The number of benzene rings is 1. The molecule has 2 atom stereocenters. The maximum Gasteiger partial charge on any atom is 0.408 e. The van der Waals surface area contributed by atoms with Crippen molar-refractivity contribution in [1.29, 1.82) is 0 Å². The first kappa shape index (κ1) is 28.7. The van der Waals surface area contributed by atoms with Gasteiger partial charge in [-0.1, -0.05) is 6.07 Å². The molecular weight excluding hydrogens is 440 g/mol. The molecular formula is C24H38N4O6. The minimum Gasteiger partial charge on any atom is -0.508 e. The first-order chi connectivity index (χ1) is 15.4. The van der Waals surface area contributed by atoms with Crippen LogP contribution in [-0.2, 0) is 19.1 Å². The third-order valence-electron chi connectivity index (χ3n) is 4.61. The SMILES string of the molecule is CCN(C(=O)C(CC(N)=O)NC(=O)OC(C)(C)C)C(C(=O)NC(C)(C)C)c1ccc(O)c(C)c1. The molecule has 0 aliphatic heterocycles. The van der Waals surface area contributed by atoms with E-state index in [-0.39, 0.29) is 12.3 Å². The summed E-state index contributed by atoms with van der Waals surface area (Å²) >= 11 is 0. The molecule has 1 aromatic carbocycles. The predicted octanol–water partition coefficient (Wildman–Crippen LogP) is 2.27. The number of carbonyl (C=O) groups is 4. The maximum atomic E-state index is 13.6. The molecule has 10 nitrogen and oxygen atoms in total. The summed E-state index contributed by atoms with van der Waals surface area (Å²) in [6.45, 7) is 13.9. The maximum absolute atomic E-state index is 13.6. The van der Waals surface area contributed by atoms with Gasteiger partial charge in [-0.05, 0) is 78.6 Å². The fourth-order valence-corrected chi connectivity index (χ4v) is 3.28. The second kappa shape index (κ2) is 11.2. The second-order valence-electron chi connectivity index (χ2n) is 10.2. The van der Waals surface area contributed by atoms with Crippen molar-refractivity contribution in [2.45, 2.75) is 85.0 Å². The fourth-order valence-electron chi connectivity index (χ4n) is 3.28. The van der Waals surface area contributed by atoms with Gasteiger partial charge >= 0.3 is 6.09 Å². The smallest absolute Gasteiger partial charge is 0.408 e. The Hall–Kier alpha value is -3.30. The number of hydrogen-bond donors (Lipinski definition) is 4. The molecule has 0 radical (unpaired) electrons. The first-order valence-electron chi connectivity index (χ1n) is 11.1. The van der Waals surface area contributed by atoms with Crippen LogP contribution in [0.4, 0.5) is 4.79 Å². The van der Waals surface area contributed by atoms with Crippen molar-refractivity contribution in [2.24, 2.45) is 5.73 Å². The summed E-state index contributed by atoms with van der Waals surface area (Å²) in [7, 11) is 0. The lowest BCUT2D eigenvalue weighted by Gasteiger charge is -2.35. The Kier molecular flexibility index (Phi) is 9.48. The van der Waals surface area contributed by atoms with Gasteiger partial charge in [-0.15, -0.1) is 0 Å². The molecule has 190 valence electrons. The van der Waals surface area contributed by atoms with E-state index in [0.717, 1.165) is 0 Å². The highest BCUT2D eigenvalue weighted by Gasteiger charge is 2.37. The van der Waals surface area contributed by atoms with Crippen LogP contribution in [-0.4, -0.2) is 57.5 Å². The average Bonchev–Trinajstić information content (AvgIpc) is 2.64. The lowest BCUT2D eigenvalue weighted by atomic mass is 9.98. The first-order valence-corrected chi connectivity index (χ1v) is 11.1. The summed E-state index contributed by atoms with van der Waals surface area (Å²) in [5.41, 5.74) is 4.90. The summed E-state index contributed by atoms with van der Waals surface area (Å²) in [4.78, 5) is 52.2. The molecule has 0 aromatic heterocycles. The van der Waals surface area contributed by atoms with Gasteiger partial charge in [-0.2, -0.15) is 0 Å². The number of phenols is 1. The van der Waals surface area contributed by atoms with Crippen molar-refractivity contribution in [3.05, 3.63) is 29.3 Å². The van der Waals surface area contributed by atoms with Crippen molar-refractivity contribution < 1.29 is 29.0 Å². The predicted molar refractivity (Wildman–Crippen MR) is 128 cm³/mol. The number of rotatable bonds is 8. The highest BCUT2D eigenvalue weighted by atomic mass is 16.6. The quantitative estimate of drug-likeness (QED) is 0.450. The zero-order valence-corrected chi connectivity index (χ0v) is 21.3. The number of alkyl carbamates (subject to hydrolysis) is 1. The van der Waals surface area contributed by atoms with Crippen LogP contribution in [0.1, 0.15) is 72.1 Å². The molecule has 5 N–H and O–H groups in total. The number of primary amides is 1. The van der Waals surface area contributed by atoms with Crippen molar-refractivity contribution in [2.75, 3.05) is 6.54 Å². The van der Waals surface area contributed by atoms with Gasteiger partial charge in [-0.25, -0.2) is 4.79 Å². The molecule has 0 saturated carbocycles. The van der Waals surface area contributed by atoms with E-state index in [1.54, 1.807) is 46.8 Å². The van der Waals surface area contributed by atoms with Crippen molar-refractivity contribution >= 4 is 23.8 Å². The number of hydrogen-bond acceptors (Lipinski definition) is 6. The lowest BCUT2D eigenvalue weighted by Crippen LogP contribution is -2.55. The van der Waals surface area contributed by atoms with Crippen molar-refractivity contribution in [3.63, 3.8) is 0 Å². The standard InChI is InChI=1S/C24H38N4O6/c1-9-28(21(32)16(13-18(25)30)26-22(33)34-24(6,7)8)19(20(31)27-23(3,4)5)15-10-11-17(29)14(2)12-15/h10-12,16,19,29H,9,13H2,1-8H3,(H2,25,30)(H,26,33)(H,27,31). The molecule has 4 amide bonds. The van der Waals surface area contributed by atoms with Crippen LogP contribution >= 0.6 is 0 Å². The van der Waals surface area contributed by atoms with Gasteiger partial charge in [0.2, 0.25) is 17.7 Å². The Morgan fingerprint density at radius 2 is 1.71 bits per heavy atom.